The fourth-order valence-electron chi connectivity index (χ4n) is 2.52. The van der Waals surface area contributed by atoms with E-state index in [-0.39, 0.29) is 12.5 Å². The molecule has 2 rings (SSSR count). The number of rotatable bonds is 5. The second kappa shape index (κ2) is 8.77. The topological polar surface area (TPSA) is 46.6 Å². The summed E-state index contributed by atoms with van der Waals surface area (Å²) in [5.41, 5.74) is 1.15. The summed E-state index contributed by atoms with van der Waals surface area (Å²) >= 11 is 12.6. The number of halogens is 2. The molecule has 1 amide bonds. The molecular formula is C21H23Cl2NO3. The van der Waals surface area contributed by atoms with Crippen LogP contribution in [0.4, 0.5) is 5.69 Å². The van der Waals surface area contributed by atoms with E-state index in [2.05, 4.69) is 0 Å². The molecule has 0 fully saturated rings. The van der Waals surface area contributed by atoms with Crippen molar-refractivity contribution in [2.24, 2.45) is 5.41 Å². The number of hydrogen-bond donors (Lipinski definition) is 0. The summed E-state index contributed by atoms with van der Waals surface area (Å²) < 4.78 is 5.00. The van der Waals surface area contributed by atoms with Gasteiger partial charge in [-0.3, -0.25) is 4.79 Å². The van der Waals surface area contributed by atoms with E-state index in [1.165, 1.54) is 0 Å². The van der Waals surface area contributed by atoms with Crippen LogP contribution < -0.4 is 4.90 Å². The van der Waals surface area contributed by atoms with Gasteiger partial charge in [0.05, 0.1) is 18.7 Å². The van der Waals surface area contributed by atoms with Crippen molar-refractivity contribution >= 4 is 40.8 Å². The van der Waals surface area contributed by atoms with Crippen LogP contribution in [0.5, 0.6) is 0 Å². The van der Waals surface area contributed by atoms with Gasteiger partial charge in [0.1, 0.15) is 0 Å². The van der Waals surface area contributed by atoms with Gasteiger partial charge in [0.15, 0.2) is 0 Å². The van der Waals surface area contributed by atoms with Crippen molar-refractivity contribution < 1.29 is 14.3 Å². The van der Waals surface area contributed by atoms with Gasteiger partial charge in [-0.15, -0.1) is 0 Å². The van der Waals surface area contributed by atoms with Crippen LogP contribution in [0.15, 0.2) is 42.5 Å². The third kappa shape index (κ3) is 5.24. The maximum atomic E-state index is 13.1. The van der Waals surface area contributed by atoms with Gasteiger partial charge in [0, 0.05) is 26.7 Å². The van der Waals surface area contributed by atoms with E-state index in [0.717, 1.165) is 0 Å². The first-order valence-corrected chi connectivity index (χ1v) is 9.42. The van der Waals surface area contributed by atoms with Crippen molar-refractivity contribution in [2.75, 3.05) is 11.5 Å². The van der Waals surface area contributed by atoms with Crippen molar-refractivity contribution in [3.8, 4) is 0 Å². The molecule has 0 saturated carbocycles. The van der Waals surface area contributed by atoms with E-state index >= 15 is 0 Å². The van der Waals surface area contributed by atoms with Crippen LogP contribution in [-0.4, -0.2) is 18.5 Å². The van der Waals surface area contributed by atoms with Gasteiger partial charge in [0.2, 0.25) is 5.91 Å². The monoisotopic (exact) mass is 407 g/mol. The van der Waals surface area contributed by atoms with Crippen molar-refractivity contribution in [1.82, 2.24) is 0 Å². The molecule has 0 heterocycles. The molecule has 0 radical (unpaired) electrons. The highest BCUT2D eigenvalue weighted by molar-refractivity contribution is 6.36. The zero-order chi connectivity index (χ0) is 20.2. The van der Waals surface area contributed by atoms with Crippen LogP contribution in [0.25, 0.3) is 0 Å². The molecule has 2 aromatic carbocycles. The lowest BCUT2D eigenvalue weighted by atomic mass is 9.94. The van der Waals surface area contributed by atoms with E-state index in [1.54, 1.807) is 54.3 Å². The predicted molar refractivity (Wildman–Crippen MR) is 110 cm³/mol. The van der Waals surface area contributed by atoms with Crippen molar-refractivity contribution in [2.45, 2.75) is 34.2 Å². The number of ether oxygens (including phenoxy) is 1. The van der Waals surface area contributed by atoms with E-state index in [4.69, 9.17) is 27.9 Å². The molecule has 0 aliphatic rings. The number of benzene rings is 2. The molecule has 2 aromatic rings. The Morgan fingerprint density at radius 1 is 1.00 bits per heavy atom. The van der Waals surface area contributed by atoms with E-state index in [1.807, 2.05) is 20.8 Å². The third-order valence-corrected chi connectivity index (χ3v) is 4.66. The number of anilines is 1. The average Bonchev–Trinajstić information content (AvgIpc) is 2.61. The number of carbonyl (C=O) groups excluding carboxylic acids is 2. The molecule has 27 heavy (non-hydrogen) atoms. The fourth-order valence-corrected chi connectivity index (χ4v) is 3.04. The first-order valence-electron chi connectivity index (χ1n) is 8.67. The molecule has 0 spiro atoms. The minimum Gasteiger partial charge on any atom is -0.462 e. The normalized spacial score (nSPS) is 11.2. The smallest absolute Gasteiger partial charge is 0.338 e. The summed E-state index contributed by atoms with van der Waals surface area (Å²) in [5.74, 6) is -0.478. The Kier molecular flexibility index (Phi) is 6.90. The van der Waals surface area contributed by atoms with Gasteiger partial charge in [-0.1, -0.05) is 50.0 Å². The zero-order valence-corrected chi connectivity index (χ0v) is 17.4. The van der Waals surface area contributed by atoms with E-state index in [0.29, 0.717) is 33.5 Å². The minimum absolute atomic E-state index is 0.0811. The lowest BCUT2D eigenvalue weighted by molar-refractivity contribution is -0.125. The van der Waals surface area contributed by atoms with E-state index < -0.39 is 11.4 Å². The first kappa shape index (κ1) is 21.3. The summed E-state index contributed by atoms with van der Waals surface area (Å²) in [6.07, 6.45) is 0. The Morgan fingerprint density at radius 2 is 1.56 bits per heavy atom. The van der Waals surface area contributed by atoms with Crippen LogP contribution in [0.1, 0.15) is 43.6 Å². The molecular weight excluding hydrogens is 385 g/mol. The summed E-state index contributed by atoms with van der Waals surface area (Å²) in [7, 11) is 0. The zero-order valence-electron chi connectivity index (χ0n) is 15.9. The van der Waals surface area contributed by atoms with Gasteiger partial charge in [-0.25, -0.2) is 4.79 Å². The Morgan fingerprint density at radius 3 is 2.04 bits per heavy atom. The standard InChI is InChI=1S/C21H23Cl2NO3/c1-5-27-19(25)14-9-11-15(12-10-14)24(20(26)21(2,3)4)13-16-17(22)7-6-8-18(16)23/h6-12H,5,13H2,1-4H3. The number of nitrogens with zero attached hydrogens (tertiary/aromatic N) is 1. The van der Waals surface area contributed by atoms with Gasteiger partial charge in [0.25, 0.3) is 0 Å². The molecule has 6 heteroatoms. The van der Waals surface area contributed by atoms with Crippen molar-refractivity contribution in [3.05, 3.63) is 63.6 Å². The Balaban J connectivity index is 2.41. The number of amides is 1. The second-order valence-electron chi connectivity index (χ2n) is 7.11. The number of esters is 1. The Labute approximate surface area is 170 Å². The highest BCUT2D eigenvalue weighted by Crippen LogP contribution is 2.31. The predicted octanol–water partition coefficient (Wildman–Crippen LogP) is 5.75. The SMILES string of the molecule is CCOC(=O)c1ccc(N(Cc2c(Cl)cccc2Cl)C(=O)C(C)(C)C)cc1. The Bertz CT molecular complexity index is 806. The molecule has 0 aromatic heterocycles. The highest BCUT2D eigenvalue weighted by Gasteiger charge is 2.29. The molecule has 0 saturated heterocycles. The van der Waals surface area contributed by atoms with Gasteiger partial charge < -0.3 is 9.64 Å². The maximum absolute atomic E-state index is 13.1. The summed E-state index contributed by atoms with van der Waals surface area (Å²) in [6, 6.07) is 12.0. The fraction of sp³-hybridized carbons (Fsp3) is 0.333. The molecule has 4 nitrogen and oxygen atoms in total. The third-order valence-electron chi connectivity index (χ3n) is 3.95. The number of hydrogen-bond acceptors (Lipinski definition) is 3. The van der Waals surface area contributed by atoms with Gasteiger partial charge in [-0.2, -0.15) is 0 Å². The minimum atomic E-state index is -0.604. The molecule has 0 N–H and O–H groups in total. The summed E-state index contributed by atoms with van der Waals surface area (Å²) in [5, 5.41) is 0.995. The van der Waals surface area contributed by atoms with Crippen LogP contribution in [-0.2, 0) is 16.1 Å². The largest absolute Gasteiger partial charge is 0.462 e. The summed E-state index contributed by atoms with van der Waals surface area (Å²) in [4.78, 5) is 26.6. The van der Waals surface area contributed by atoms with E-state index in [9.17, 15) is 9.59 Å². The second-order valence-corrected chi connectivity index (χ2v) is 7.92. The van der Waals surface area contributed by atoms with Gasteiger partial charge in [-0.05, 0) is 43.3 Å². The van der Waals surface area contributed by atoms with Crippen LogP contribution in [0.3, 0.4) is 0 Å². The van der Waals surface area contributed by atoms with Crippen molar-refractivity contribution in [3.63, 3.8) is 0 Å². The van der Waals surface area contributed by atoms with Crippen LogP contribution >= 0.6 is 23.2 Å². The molecule has 0 bridgehead atoms. The molecule has 144 valence electrons. The lowest BCUT2D eigenvalue weighted by Gasteiger charge is -2.30. The average molecular weight is 408 g/mol. The Hall–Kier alpha value is -2.04. The van der Waals surface area contributed by atoms with Crippen LogP contribution in [0, 0.1) is 5.41 Å². The molecule has 0 aliphatic heterocycles. The maximum Gasteiger partial charge on any atom is 0.338 e. The highest BCUT2D eigenvalue weighted by atomic mass is 35.5. The summed E-state index contributed by atoms with van der Waals surface area (Å²) in [6.45, 7) is 7.84. The van der Waals surface area contributed by atoms with Crippen LogP contribution in [0.2, 0.25) is 10.0 Å². The number of carbonyl (C=O) groups is 2. The first-order chi connectivity index (χ1) is 12.6. The molecule has 0 aliphatic carbocycles. The quantitative estimate of drug-likeness (QED) is 0.592. The molecule has 0 atom stereocenters. The molecule has 0 unspecified atom stereocenters. The van der Waals surface area contributed by atoms with Crippen molar-refractivity contribution in [1.29, 1.82) is 0 Å². The lowest BCUT2D eigenvalue weighted by Crippen LogP contribution is -2.39. The van der Waals surface area contributed by atoms with Gasteiger partial charge >= 0.3 is 5.97 Å².